The van der Waals surface area contributed by atoms with Gasteiger partial charge in [0.2, 0.25) is 0 Å². The molecular formula is C12H16ClNO. The maximum atomic E-state index is 6.13. The fourth-order valence-corrected chi connectivity index (χ4v) is 1.90. The Balaban J connectivity index is 1.95. The number of nitrogens with one attached hydrogen (secondary N) is 1. The van der Waals surface area contributed by atoms with E-state index in [1.54, 1.807) is 7.11 Å². The molecule has 0 unspecified atom stereocenters. The van der Waals surface area contributed by atoms with Crippen LogP contribution in [0.2, 0.25) is 5.02 Å². The molecule has 0 bridgehead atoms. The van der Waals surface area contributed by atoms with Crippen molar-refractivity contribution >= 4 is 11.6 Å². The molecule has 0 radical (unpaired) electrons. The molecule has 0 heterocycles. The van der Waals surface area contributed by atoms with Crippen LogP contribution in [-0.2, 0) is 6.54 Å². The van der Waals surface area contributed by atoms with Crippen molar-refractivity contribution in [1.82, 2.24) is 5.32 Å². The van der Waals surface area contributed by atoms with Crippen LogP contribution in [0.5, 0.6) is 5.75 Å². The maximum absolute atomic E-state index is 6.13. The molecule has 0 aliphatic heterocycles. The lowest BCUT2D eigenvalue weighted by molar-refractivity contribution is 0.338. The Morgan fingerprint density at radius 1 is 1.47 bits per heavy atom. The Labute approximate surface area is 95.6 Å². The minimum atomic E-state index is 0.697. The summed E-state index contributed by atoms with van der Waals surface area (Å²) in [6, 6.07) is 6.53. The number of methoxy groups -OCH3 is 1. The lowest BCUT2D eigenvalue weighted by Gasteiger charge is -2.26. The van der Waals surface area contributed by atoms with Gasteiger partial charge in [-0.2, -0.15) is 0 Å². The Morgan fingerprint density at radius 3 is 2.80 bits per heavy atom. The van der Waals surface area contributed by atoms with Gasteiger partial charge in [-0.25, -0.2) is 0 Å². The highest BCUT2D eigenvalue weighted by atomic mass is 35.5. The van der Waals surface area contributed by atoms with Crippen molar-refractivity contribution in [3.63, 3.8) is 0 Å². The molecule has 0 atom stereocenters. The SMILES string of the molecule is COc1ccc(CNC2CCC2)c(Cl)c1. The van der Waals surface area contributed by atoms with Gasteiger partial charge in [-0.3, -0.25) is 0 Å². The molecule has 15 heavy (non-hydrogen) atoms. The monoisotopic (exact) mass is 225 g/mol. The van der Waals surface area contributed by atoms with Gasteiger partial charge in [-0.15, -0.1) is 0 Å². The van der Waals surface area contributed by atoms with E-state index in [2.05, 4.69) is 5.32 Å². The van der Waals surface area contributed by atoms with E-state index in [1.807, 2.05) is 18.2 Å². The Morgan fingerprint density at radius 2 is 2.27 bits per heavy atom. The third kappa shape index (κ3) is 2.64. The van der Waals surface area contributed by atoms with Gasteiger partial charge < -0.3 is 10.1 Å². The molecule has 0 aromatic heterocycles. The van der Waals surface area contributed by atoms with Crippen LogP contribution < -0.4 is 10.1 Å². The van der Waals surface area contributed by atoms with Crippen LogP contribution in [0.4, 0.5) is 0 Å². The Hall–Kier alpha value is -0.730. The maximum Gasteiger partial charge on any atom is 0.120 e. The van der Waals surface area contributed by atoms with E-state index in [4.69, 9.17) is 16.3 Å². The topological polar surface area (TPSA) is 21.3 Å². The molecule has 2 rings (SSSR count). The summed E-state index contributed by atoms with van der Waals surface area (Å²) in [5.41, 5.74) is 1.14. The van der Waals surface area contributed by atoms with Crippen molar-refractivity contribution in [2.24, 2.45) is 0 Å². The number of ether oxygens (including phenoxy) is 1. The van der Waals surface area contributed by atoms with Crippen molar-refractivity contribution in [1.29, 1.82) is 0 Å². The van der Waals surface area contributed by atoms with E-state index in [1.165, 1.54) is 19.3 Å². The molecular weight excluding hydrogens is 210 g/mol. The minimum absolute atomic E-state index is 0.697. The Kier molecular flexibility index (Phi) is 3.49. The first-order chi connectivity index (χ1) is 7.29. The van der Waals surface area contributed by atoms with Crippen LogP contribution in [0, 0.1) is 0 Å². The average Bonchev–Trinajstić information content (AvgIpc) is 2.18. The smallest absolute Gasteiger partial charge is 0.120 e. The van der Waals surface area contributed by atoms with Gasteiger partial charge in [-0.1, -0.05) is 24.1 Å². The molecule has 2 nitrogen and oxygen atoms in total. The number of rotatable bonds is 4. The first kappa shape index (κ1) is 10.8. The van der Waals surface area contributed by atoms with Crippen molar-refractivity contribution < 1.29 is 4.74 Å². The second-order valence-electron chi connectivity index (χ2n) is 3.97. The van der Waals surface area contributed by atoms with E-state index in [0.29, 0.717) is 6.04 Å². The van der Waals surface area contributed by atoms with Crippen molar-refractivity contribution in [2.75, 3.05) is 7.11 Å². The molecule has 1 aromatic carbocycles. The lowest BCUT2D eigenvalue weighted by atomic mass is 9.93. The molecule has 0 saturated heterocycles. The van der Waals surface area contributed by atoms with Crippen LogP contribution in [0.1, 0.15) is 24.8 Å². The molecule has 1 aliphatic rings. The van der Waals surface area contributed by atoms with Crippen molar-refractivity contribution in [3.05, 3.63) is 28.8 Å². The van der Waals surface area contributed by atoms with Crippen molar-refractivity contribution in [3.8, 4) is 5.75 Å². The van der Waals surface area contributed by atoms with E-state index >= 15 is 0 Å². The normalized spacial score (nSPS) is 16.1. The van der Waals surface area contributed by atoms with E-state index in [0.717, 1.165) is 22.9 Å². The predicted molar refractivity (Wildman–Crippen MR) is 62.5 cm³/mol. The zero-order chi connectivity index (χ0) is 10.7. The molecule has 0 amide bonds. The molecule has 1 aromatic rings. The fourth-order valence-electron chi connectivity index (χ4n) is 1.67. The van der Waals surface area contributed by atoms with Gasteiger partial charge in [0, 0.05) is 17.6 Å². The lowest BCUT2D eigenvalue weighted by Crippen LogP contribution is -2.34. The minimum Gasteiger partial charge on any atom is -0.497 e. The molecule has 82 valence electrons. The first-order valence-corrected chi connectivity index (χ1v) is 5.73. The van der Waals surface area contributed by atoms with Crippen molar-refractivity contribution in [2.45, 2.75) is 31.8 Å². The highest BCUT2D eigenvalue weighted by molar-refractivity contribution is 6.31. The zero-order valence-corrected chi connectivity index (χ0v) is 9.68. The second-order valence-corrected chi connectivity index (χ2v) is 4.37. The molecule has 1 aliphatic carbocycles. The van der Waals surface area contributed by atoms with Crippen LogP contribution >= 0.6 is 11.6 Å². The summed E-state index contributed by atoms with van der Waals surface area (Å²) in [4.78, 5) is 0. The number of benzene rings is 1. The van der Waals surface area contributed by atoms with E-state index < -0.39 is 0 Å². The quantitative estimate of drug-likeness (QED) is 0.851. The van der Waals surface area contributed by atoms with Gasteiger partial charge in [0.1, 0.15) is 5.75 Å². The van der Waals surface area contributed by atoms with Crippen LogP contribution in [0.3, 0.4) is 0 Å². The summed E-state index contributed by atoms with van der Waals surface area (Å²) in [5.74, 6) is 0.812. The highest BCUT2D eigenvalue weighted by Crippen LogP contribution is 2.24. The van der Waals surface area contributed by atoms with Crippen LogP contribution in [0.15, 0.2) is 18.2 Å². The van der Waals surface area contributed by atoms with Crippen LogP contribution in [0.25, 0.3) is 0 Å². The van der Waals surface area contributed by atoms with E-state index in [9.17, 15) is 0 Å². The predicted octanol–water partition coefficient (Wildman–Crippen LogP) is 2.99. The summed E-state index contributed by atoms with van der Waals surface area (Å²) in [5, 5.41) is 4.27. The van der Waals surface area contributed by atoms with Gasteiger partial charge in [0.05, 0.1) is 7.11 Å². The van der Waals surface area contributed by atoms with Gasteiger partial charge in [-0.05, 0) is 30.5 Å². The number of hydrogen-bond donors (Lipinski definition) is 1. The Bertz CT molecular complexity index is 336. The van der Waals surface area contributed by atoms with Gasteiger partial charge >= 0.3 is 0 Å². The summed E-state index contributed by atoms with van der Waals surface area (Å²) < 4.78 is 5.10. The van der Waals surface area contributed by atoms with Gasteiger partial charge in [0.15, 0.2) is 0 Å². The summed E-state index contributed by atoms with van der Waals surface area (Å²) in [6.45, 7) is 0.855. The first-order valence-electron chi connectivity index (χ1n) is 5.35. The molecule has 1 N–H and O–H groups in total. The third-order valence-corrected chi connectivity index (χ3v) is 3.30. The number of hydrogen-bond acceptors (Lipinski definition) is 2. The summed E-state index contributed by atoms with van der Waals surface area (Å²) in [7, 11) is 1.65. The average molecular weight is 226 g/mol. The standard InChI is InChI=1S/C12H16ClNO/c1-15-11-6-5-9(12(13)7-11)8-14-10-3-2-4-10/h5-7,10,14H,2-4,8H2,1H3. The van der Waals surface area contributed by atoms with Gasteiger partial charge in [0.25, 0.3) is 0 Å². The highest BCUT2D eigenvalue weighted by Gasteiger charge is 2.16. The molecule has 0 spiro atoms. The van der Waals surface area contributed by atoms with E-state index in [-0.39, 0.29) is 0 Å². The molecule has 1 saturated carbocycles. The summed E-state index contributed by atoms with van der Waals surface area (Å²) >= 11 is 6.13. The number of halogens is 1. The molecule has 3 heteroatoms. The fraction of sp³-hybridized carbons (Fsp3) is 0.500. The molecule has 1 fully saturated rings. The summed E-state index contributed by atoms with van der Waals surface area (Å²) in [6.07, 6.45) is 3.95. The van der Waals surface area contributed by atoms with Crippen LogP contribution in [-0.4, -0.2) is 13.2 Å². The zero-order valence-electron chi connectivity index (χ0n) is 8.92. The third-order valence-electron chi connectivity index (χ3n) is 2.95. The largest absolute Gasteiger partial charge is 0.497 e. The second kappa shape index (κ2) is 4.86.